The summed E-state index contributed by atoms with van der Waals surface area (Å²) in [5.41, 5.74) is 12.2. The molecular formula is C22H19F2N3O3. The van der Waals surface area contributed by atoms with Gasteiger partial charge in [0.15, 0.2) is 23.1 Å². The number of ether oxygens (including phenoxy) is 2. The number of aromatic nitrogens is 1. The largest absolute Gasteiger partial charge is 0.504 e. The Morgan fingerprint density at radius 1 is 0.833 bits per heavy atom. The minimum absolute atomic E-state index is 0.0389. The molecule has 154 valence electrons. The lowest BCUT2D eigenvalue weighted by Gasteiger charge is -2.11. The molecule has 30 heavy (non-hydrogen) atoms. The maximum Gasteiger partial charge on any atom is 0.167 e. The molecule has 0 atom stereocenters. The Hall–Kier alpha value is -4.07. The van der Waals surface area contributed by atoms with Crippen LogP contribution in [-0.2, 0) is 0 Å². The molecule has 1 heterocycles. The van der Waals surface area contributed by atoms with Crippen molar-refractivity contribution in [2.45, 2.75) is 0 Å². The highest BCUT2D eigenvalue weighted by Gasteiger charge is 2.12. The lowest BCUT2D eigenvalue weighted by Crippen LogP contribution is -1.93. The third kappa shape index (κ3) is 4.85. The van der Waals surface area contributed by atoms with Gasteiger partial charge in [-0.25, -0.2) is 8.78 Å². The van der Waals surface area contributed by atoms with Gasteiger partial charge in [0.25, 0.3) is 0 Å². The van der Waals surface area contributed by atoms with Gasteiger partial charge in [-0.2, -0.15) is 0 Å². The van der Waals surface area contributed by atoms with Crippen LogP contribution < -0.4 is 20.9 Å². The summed E-state index contributed by atoms with van der Waals surface area (Å²) in [6.07, 6.45) is 1.53. The number of benzene rings is 3. The number of rotatable bonds is 3. The van der Waals surface area contributed by atoms with Crippen LogP contribution in [0.15, 0.2) is 66.9 Å². The molecular weight excluding hydrogens is 392 g/mol. The van der Waals surface area contributed by atoms with Gasteiger partial charge < -0.3 is 26.0 Å². The van der Waals surface area contributed by atoms with E-state index in [4.69, 9.17) is 20.9 Å². The second-order valence-corrected chi connectivity index (χ2v) is 6.19. The van der Waals surface area contributed by atoms with Crippen molar-refractivity contribution in [2.24, 2.45) is 0 Å². The van der Waals surface area contributed by atoms with Crippen LogP contribution >= 0.6 is 0 Å². The summed E-state index contributed by atoms with van der Waals surface area (Å²) in [5, 5.41) is 10.4. The molecule has 0 amide bonds. The first-order valence-electron chi connectivity index (χ1n) is 8.77. The van der Waals surface area contributed by atoms with Gasteiger partial charge in [-0.05, 0) is 48.5 Å². The predicted molar refractivity (Wildman–Crippen MR) is 112 cm³/mol. The maximum absolute atomic E-state index is 13.8. The van der Waals surface area contributed by atoms with Crippen molar-refractivity contribution in [2.75, 3.05) is 18.6 Å². The number of halogens is 2. The van der Waals surface area contributed by atoms with Crippen molar-refractivity contribution >= 4 is 22.3 Å². The van der Waals surface area contributed by atoms with Crippen molar-refractivity contribution in [3.8, 4) is 23.0 Å². The monoisotopic (exact) mass is 411 g/mol. The second kappa shape index (κ2) is 8.95. The van der Waals surface area contributed by atoms with E-state index in [0.717, 1.165) is 0 Å². The number of anilines is 2. The van der Waals surface area contributed by atoms with Crippen LogP contribution in [0.5, 0.6) is 23.0 Å². The SMILES string of the molecule is COc1cc2nccc(Oc3ccc(N)cc3F)c2cc1O.Nc1ccc(F)cc1. The first-order valence-corrected chi connectivity index (χ1v) is 8.77. The van der Waals surface area contributed by atoms with Crippen LogP contribution in [0.25, 0.3) is 10.9 Å². The minimum Gasteiger partial charge on any atom is -0.504 e. The van der Waals surface area contributed by atoms with Crippen molar-refractivity contribution in [1.82, 2.24) is 4.98 Å². The molecule has 5 N–H and O–H groups in total. The fraction of sp³-hybridized carbons (Fsp3) is 0.0455. The summed E-state index contributed by atoms with van der Waals surface area (Å²) >= 11 is 0. The van der Waals surface area contributed by atoms with Crippen molar-refractivity contribution in [3.05, 3.63) is 78.5 Å². The van der Waals surface area contributed by atoms with Gasteiger partial charge in [0.1, 0.15) is 11.6 Å². The molecule has 0 aliphatic heterocycles. The molecule has 0 aliphatic carbocycles. The van der Waals surface area contributed by atoms with Crippen molar-refractivity contribution < 1.29 is 23.4 Å². The zero-order valence-electron chi connectivity index (χ0n) is 16.0. The number of methoxy groups -OCH3 is 1. The molecule has 6 nitrogen and oxygen atoms in total. The summed E-state index contributed by atoms with van der Waals surface area (Å²) < 4.78 is 36.5. The number of phenolic OH excluding ortho intramolecular Hbond substituents is 1. The highest BCUT2D eigenvalue weighted by molar-refractivity contribution is 5.88. The minimum atomic E-state index is -0.567. The van der Waals surface area contributed by atoms with Crippen LogP contribution in [-0.4, -0.2) is 17.2 Å². The number of nitrogen functional groups attached to an aromatic ring is 2. The third-order valence-electron chi connectivity index (χ3n) is 4.05. The summed E-state index contributed by atoms with van der Waals surface area (Å²) in [7, 11) is 1.45. The Morgan fingerprint density at radius 2 is 1.53 bits per heavy atom. The molecule has 0 fully saturated rings. The highest BCUT2D eigenvalue weighted by Crippen LogP contribution is 2.36. The third-order valence-corrected chi connectivity index (χ3v) is 4.05. The zero-order valence-corrected chi connectivity index (χ0v) is 16.0. The molecule has 0 aliphatic rings. The van der Waals surface area contributed by atoms with E-state index < -0.39 is 5.82 Å². The van der Waals surface area contributed by atoms with E-state index in [2.05, 4.69) is 4.98 Å². The molecule has 0 unspecified atom stereocenters. The van der Waals surface area contributed by atoms with Crippen LogP contribution in [0.4, 0.5) is 20.2 Å². The van der Waals surface area contributed by atoms with Gasteiger partial charge in [0.2, 0.25) is 0 Å². The molecule has 3 aromatic carbocycles. The normalized spacial score (nSPS) is 10.2. The van der Waals surface area contributed by atoms with Crippen LogP contribution in [0.1, 0.15) is 0 Å². The van der Waals surface area contributed by atoms with E-state index in [1.807, 2.05) is 0 Å². The quantitative estimate of drug-likeness (QED) is 0.416. The lowest BCUT2D eigenvalue weighted by atomic mass is 10.2. The van der Waals surface area contributed by atoms with Gasteiger partial charge in [-0.3, -0.25) is 4.98 Å². The summed E-state index contributed by atoms with van der Waals surface area (Å²) in [6.45, 7) is 0. The molecule has 0 bridgehead atoms. The maximum atomic E-state index is 13.8. The Kier molecular flexibility index (Phi) is 6.17. The van der Waals surface area contributed by atoms with Crippen LogP contribution in [0.3, 0.4) is 0 Å². The van der Waals surface area contributed by atoms with E-state index in [-0.39, 0.29) is 17.3 Å². The molecule has 8 heteroatoms. The lowest BCUT2D eigenvalue weighted by molar-refractivity contribution is 0.374. The number of phenols is 1. The Labute approximate surface area is 171 Å². The number of aromatic hydroxyl groups is 1. The van der Waals surface area contributed by atoms with Crippen LogP contribution in [0, 0.1) is 11.6 Å². The number of nitrogens with two attached hydrogens (primary N) is 2. The van der Waals surface area contributed by atoms with E-state index in [0.29, 0.717) is 33.8 Å². The van der Waals surface area contributed by atoms with Gasteiger partial charge in [-0.1, -0.05) is 0 Å². The number of pyridine rings is 1. The fourth-order valence-corrected chi connectivity index (χ4v) is 2.57. The predicted octanol–water partition coefficient (Wildman–Crippen LogP) is 4.87. The summed E-state index contributed by atoms with van der Waals surface area (Å²) in [4.78, 5) is 4.18. The van der Waals surface area contributed by atoms with E-state index in [1.54, 1.807) is 18.2 Å². The topological polar surface area (TPSA) is 104 Å². The number of fused-ring (bicyclic) bond motifs is 1. The molecule has 4 rings (SSSR count). The van der Waals surface area contributed by atoms with Gasteiger partial charge in [-0.15, -0.1) is 0 Å². The van der Waals surface area contributed by atoms with E-state index in [9.17, 15) is 13.9 Å². The van der Waals surface area contributed by atoms with E-state index in [1.165, 1.54) is 55.8 Å². The first-order chi connectivity index (χ1) is 14.4. The Bertz CT molecular complexity index is 1150. The summed E-state index contributed by atoms with van der Waals surface area (Å²) in [5.74, 6) is -0.160. The number of nitrogens with zero attached hydrogens (tertiary/aromatic N) is 1. The van der Waals surface area contributed by atoms with Gasteiger partial charge in [0.05, 0.1) is 12.6 Å². The Morgan fingerprint density at radius 3 is 2.17 bits per heavy atom. The average molecular weight is 411 g/mol. The molecule has 0 spiro atoms. The molecule has 1 aromatic heterocycles. The van der Waals surface area contributed by atoms with Gasteiger partial charge >= 0.3 is 0 Å². The number of hydrogen-bond donors (Lipinski definition) is 3. The molecule has 0 saturated carbocycles. The van der Waals surface area contributed by atoms with Gasteiger partial charge in [0, 0.05) is 35.1 Å². The number of hydrogen-bond acceptors (Lipinski definition) is 6. The second-order valence-electron chi connectivity index (χ2n) is 6.19. The van der Waals surface area contributed by atoms with Crippen molar-refractivity contribution in [3.63, 3.8) is 0 Å². The molecule has 4 aromatic rings. The average Bonchev–Trinajstić information content (AvgIpc) is 2.72. The highest BCUT2D eigenvalue weighted by atomic mass is 19.1. The van der Waals surface area contributed by atoms with E-state index >= 15 is 0 Å². The first kappa shape index (κ1) is 20.7. The standard InChI is InChI=1S/C16H13FN2O3.C6H6FN/c1-21-16-8-12-10(7-13(16)20)14(4-5-19-12)22-15-3-2-9(18)6-11(15)17;7-5-1-3-6(8)4-2-5/h2-8,20H,18H2,1H3;1-4H,8H2. The van der Waals surface area contributed by atoms with Crippen molar-refractivity contribution in [1.29, 1.82) is 0 Å². The fourth-order valence-electron chi connectivity index (χ4n) is 2.57. The zero-order chi connectivity index (χ0) is 21.7. The van der Waals surface area contributed by atoms with Crippen LogP contribution in [0.2, 0.25) is 0 Å². The summed E-state index contributed by atoms with van der Waals surface area (Å²) in [6, 6.07) is 14.5. The molecule has 0 radical (unpaired) electrons. The smallest absolute Gasteiger partial charge is 0.167 e. The molecule has 0 saturated heterocycles. The Balaban J connectivity index is 0.000000269.